The maximum atomic E-state index is 11.2. The van der Waals surface area contributed by atoms with Crippen molar-refractivity contribution in [1.29, 1.82) is 0 Å². The van der Waals surface area contributed by atoms with Crippen LogP contribution < -0.4 is 0 Å². The summed E-state index contributed by atoms with van der Waals surface area (Å²) in [7, 11) is 0. The Morgan fingerprint density at radius 3 is 1.72 bits per heavy atom. The number of likely N-dealkylation sites (tertiary alicyclic amines) is 1. The highest BCUT2D eigenvalue weighted by Gasteiger charge is 2.31. The maximum Gasteiger partial charge on any atom is 0.123 e. The Kier molecular flexibility index (Phi) is 6.36. The fourth-order valence-electron chi connectivity index (χ4n) is 4.39. The van der Waals surface area contributed by atoms with Crippen LogP contribution in [0.1, 0.15) is 89.1 Å². The van der Waals surface area contributed by atoms with Gasteiger partial charge < -0.3 is 5.11 Å². The highest BCUT2D eigenvalue weighted by atomic mass is 35.5. The number of nitrogens with zero attached hydrogens (tertiary/aromatic N) is 1. The molecule has 1 heterocycles. The summed E-state index contributed by atoms with van der Waals surface area (Å²) >= 11 is 6.19. The Hall–Kier alpha value is -1.51. The molecule has 0 radical (unpaired) electrons. The number of benzene rings is 2. The topological polar surface area (TPSA) is 23.5 Å². The zero-order valence-corrected chi connectivity index (χ0v) is 19.6. The minimum atomic E-state index is -0.132. The van der Waals surface area contributed by atoms with E-state index in [0.29, 0.717) is 5.75 Å². The molecule has 0 spiro atoms. The van der Waals surface area contributed by atoms with Gasteiger partial charge in [0.25, 0.3) is 0 Å². The Labute approximate surface area is 181 Å². The third kappa shape index (κ3) is 4.98. The van der Waals surface area contributed by atoms with Crippen LogP contribution in [0.25, 0.3) is 0 Å². The highest BCUT2D eigenvalue weighted by Crippen LogP contribution is 2.43. The van der Waals surface area contributed by atoms with Gasteiger partial charge in [-0.2, -0.15) is 0 Å². The molecule has 0 aromatic heterocycles. The molecule has 0 aliphatic carbocycles. The van der Waals surface area contributed by atoms with Gasteiger partial charge in [0.2, 0.25) is 0 Å². The predicted molar refractivity (Wildman–Crippen MR) is 124 cm³/mol. The lowest BCUT2D eigenvalue weighted by Gasteiger charge is -2.37. The average Bonchev–Trinajstić information content (AvgIpc) is 2.63. The highest BCUT2D eigenvalue weighted by molar-refractivity contribution is 6.30. The molecular formula is C26H36ClNO. The monoisotopic (exact) mass is 413 g/mol. The standard InChI is InChI=1S/C26H36ClNO/c1-25(2,3)21-16-19(17-22(24(21)29)26(4,5)6)23(28-14-8-7-9-15-28)18-10-12-20(27)13-11-18/h10-13,16-17,23,29H,7-9,14-15H2,1-6H3/t23-/m0/s1. The lowest BCUT2D eigenvalue weighted by Crippen LogP contribution is -2.34. The van der Waals surface area contributed by atoms with E-state index in [4.69, 9.17) is 11.6 Å². The number of phenolic OH excluding ortho intramolecular Hbond substituents is 1. The molecule has 0 saturated carbocycles. The van der Waals surface area contributed by atoms with Crippen LogP contribution in [0.15, 0.2) is 36.4 Å². The van der Waals surface area contributed by atoms with Crippen molar-refractivity contribution in [3.8, 4) is 5.75 Å². The van der Waals surface area contributed by atoms with Gasteiger partial charge in [-0.05, 0) is 83.3 Å². The molecule has 1 atom stereocenters. The molecule has 2 aromatic rings. The fourth-order valence-corrected chi connectivity index (χ4v) is 4.52. The van der Waals surface area contributed by atoms with E-state index in [2.05, 4.69) is 70.7 Å². The number of rotatable bonds is 3. The summed E-state index contributed by atoms with van der Waals surface area (Å²) < 4.78 is 0. The molecule has 0 unspecified atom stereocenters. The van der Waals surface area contributed by atoms with Crippen LogP contribution in [0, 0.1) is 0 Å². The van der Waals surface area contributed by atoms with Gasteiger partial charge in [-0.1, -0.05) is 71.7 Å². The van der Waals surface area contributed by atoms with Crippen LogP contribution in [0.2, 0.25) is 5.02 Å². The Bertz CT molecular complexity index is 801. The summed E-state index contributed by atoms with van der Waals surface area (Å²) in [4.78, 5) is 2.60. The molecule has 3 heteroatoms. The van der Waals surface area contributed by atoms with Crippen molar-refractivity contribution in [1.82, 2.24) is 4.90 Å². The second-order valence-corrected chi connectivity index (χ2v) is 11.0. The number of hydrogen-bond donors (Lipinski definition) is 1. The van der Waals surface area contributed by atoms with E-state index < -0.39 is 0 Å². The van der Waals surface area contributed by atoms with E-state index >= 15 is 0 Å². The fraction of sp³-hybridized carbons (Fsp3) is 0.538. The first-order valence-corrected chi connectivity index (χ1v) is 11.2. The van der Waals surface area contributed by atoms with Gasteiger partial charge in [0.15, 0.2) is 0 Å². The zero-order chi connectivity index (χ0) is 21.4. The summed E-state index contributed by atoms with van der Waals surface area (Å²) in [5.74, 6) is 0.447. The molecule has 158 valence electrons. The van der Waals surface area contributed by atoms with Gasteiger partial charge in [0, 0.05) is 5.02 Å². The van der Waals surface area contributed by atoms with Crippen molar-refractivity contribution < 1.29 is 5.11 Å². The molecule has 29 heavy (non-hydrogen) atoms. The van der Waals surface area contributed by atoms with Gasteiger partial charge in [-0.3, -0.25) is 4.90 Å². The molecule has 1 saturated heterocycles. The van der Waals surface area contributed by atoms with Crippen LogP contribution >= 0.6 is 11.6 Å². The van der Waals surface area contributed by atoms with Gasteiger partial charge in [-0.25, -0.2) is 0 Å². The molecule has 1 N–H and O–H groups in total. The van der Waals surface area contributed by atoms with E-state index in [1.54, 1.807) is 0 Å². The van der Waals surface area contributed by atoms with E-state index in [9.17, 15) is 5.11 Å². The second-order valence-electron chi connectivity index (χ2n) is 10.5. The van der Waals surface area contributed by atoms with Crippen LogP contribution in [0.3, 0.4) is 0 Å². The zero-order valence-electron chi connectivity index (χ0n) is 18.8. The number of hydrogen-bond acceptors (Lipinski definition) is 2. The summed E-state index contributed by atoms with van der Waals surface area (Å²) in [6, 6.07) is 12.9. The third-order valence-electron chi connectivity index (χ3n) is 6.01. The van der Waals surface area contributed by atoms with Crippen molar-refractivity contribution in [2.75, 3.05) is 13.1 Å². The van der Waals surface area contributed by atoms with Crippen molar-refractivity contribution in [2.24, 2.45) is 0 Å². The first-order chi connectivity index (χ1) is 13.5. The van der Waals surface area contributed by atoms with Crippen LogP contribution in [0.4, 0.5) is 0 Å². The SMILES string of the molecule is CC(C)(C)c1cc([C@H](c2ccc(Cl)cc2)N2CCCCC2)cc(C(C)(C)C)c1O. The Morgan fingerprint density at radius 2 is 1.28 bits per heavy atom. The molecule has 0 amide bonds. The smallest absolute Gasteiger partial charge is 0.123 e. The van der Waals surface area contributed by atoms with Gasteiger partial charge in [-0.15, -0.1) is 0 Å². The third-order valence-corrected chi connectivity index (χ3v) is 6.26. The first-order valence-electron chi connectivity index (χ1n) is 10.9. The summed E-state index contributed by atoms with van der Waals surface area (Å²) in [6.45, 7) is 15.3. The molecule has 2 nitrogen and oxygen atoms in total. The van der Waals surface area contributed by atoms with Crippen molar-refractivity contribution in [3.05, 3.63) is 63.7 Å². The number of phenols is 1. The number of aromatic hydroxyl groups is 1. The maximum absolute atomic E-state index is 11.2. The molecule has 1 fully saturated rings. The van der Waals surface area contributed by atoms with Crippen LogP contribution in [-0.4, -0.2) is 23.1 Å². The van der Waals surface area contributed by atoms with E-state index in [-0.39, 0.29) is 16.9 Å². The average molecular weight is 414 g/mol. The molecule has 3 rings (SSSR count). The van der Waals surface area contributed by atoms with E-state index in [0.717, 1.165) is 29.2 Å². The second kappa shape index (κ2) is 8.32. The van der Waals surface area contributed by atoms with Crippen LogP contribution in [-0.2, 0) is 10.8 Å². The molecular weight excluding hydrogens is 378 g/mol. The Balaban J connectivity index is 2.22. The van der Waals surface area contributed by atoms with Gasteiger partial charge in [0.05, 0.1) is 6.04 Å². The minimum absolute atomic E-state index is 0.132. The quantitative estimate of drug-likeness (QED) is 0.574. The molecule has 2 aromatic carbocycles. The van der Waals surface area contributed by atoms with Crippen molar-refractivity contribution >= 4 is 11.6 Å². The lowest BCUT2D eigenvalue weighted by molar-refractivity contribution is 0.187. The normalized spacial score (nSPS) is 17.3. The predicted octanol–water partition coefficient (Wildman–Crippen LogP) is 7.22. The van der Waals surface area contributed by atoms with Gasteiger partial charge in [0.1, 0.15) is 5.75 Å². The minimum Gasteiger partial charge on any atom is -0.507 e. The van der Waals surface area contributed by atoms with Crippen LogP contribution in [0.5, 0.6) is 5.75 Å². The number of halogens is 1. The molecule has 0 bridgehead atoms. The largest absolute Gasteiger partial charge is 0.507 e. The summed E-state index contributed by atoms with van der Waals surface area (Å²) in [5, 5.41) is 11.9. The Morgan fingerprint density at radius 1 is 0.793 bits per heavy atom. The number of piperidine rings is 1. The van der Waals surface area contributed by atoms with E-state index in [1.807, 2.05) is 12.1 Å². The first kappa shape index (κ1) is 22.2. The van der Waals surface area contributed by atoms with Crippen molar-refractivity contribution in [2.45, 2.75) is 77.7 Å². The van der Waals surface area contributed by atoms with Crippen molar-refractivity contribution in [3.63, 3.8) is 0 Å². The lowest BCUT2D eigenvalue weighted by atomic mass is 9.77. The summed E-state index contributed by atoms with van der Waals surface area (Å²) in [5.41, 5.74) is 4.31. The van der Waals surface area contributed by atoms with E-state index in [1.165, 1.54) is 30.4 Å². The van der Waals surface area contributed by atoms with Gasteiger partial charge >= 0.3 is 0 Å². The molecule has 1 aliphatic heterocycles. The summed E-state index contributed by atoms with van der Waals surface area (Å²) in [6.07, 6.45) is 3.78. The molecule has 1 aliphatic rings.